The number of ether oxygens (including phenoxy) is 2. The molecule has 0 radical (unpaired) electrons. The molecular weight excluding hydrogens is 769 g/mol. The highest BCUT2D eigenvalue weighted by Crippen LogP contribution is 2.41. The zero-order valence-corrected chi connectivity index (χ0v) is 34.3. The Labute approximate surface area is 357 Å². The molecule has 3 atom stereocenters. The van der Waals surface area contributed by atoms with Crippen LogP contribution in [0.5, 0.6) is 0 Å². The summed E-state index contributed by atoms with van der Waals surface area (Å²) in [5.41, 5.74) is 13.2. The van der Waals surface area contributed by atoms with Crippen molar-refractivity contribution in [2.45, 2.75) is 75.7 Å². The third-order valence-electron chi connectivity index (χ3n) is 12.2. The molecule has 0 aliphatic carbocycles. The molecule has 3 saturated heterocycles. The summed E-state index contributed by atoms with van der Waals surface area (Å²) in [4.78, 5) is 43.2. The van der Waals surface area contributed by atoms with Crippen molar-refractivity contribution < 1.29 is 29.0 Å². The summed E-state index contributed by atoms with van der Waals surface area (Å²) in [6.45, 7) is 3.10. The van der Waals surface area contributed by atoms with Crippen LogP contribution >= 0.6 is 0 Å². The van der Waals surface area contributed by atoms with Crippen molar-refractivity contribution in [1.29, 1.82) is 0 Å². The number of carbonyl (C=O) groups is 3. The predicted octanol–water partition coefficient (Wildman–Crippen LogP) is 6.83. The van der Waals surface area contributed by atoms with E-state index < -0.39 is 11.8 Å². The van der Waals surface area contributed by atoms with Gasteiger partial charge in [-0.1, -0.05) is 103 Å². The zero-order chi connectivity index (χ0) is 42.2. The number of nitrogen functional groups attached to an aromatic ring is 1. The summed E-state index contributed by atoms with van der Waals surface area (Å²) in [5.74, 6) is -0.205. The van der Waals surface area contributed by atoms with E-state index in [1.54, 1.807) is 18.2 Å². The number of benzene rings is 5. The van der Waals surface area contributed by atoms with Crippen molar-refractivity contribution in [2.75, 3.05) is 42.3 Å². The standard InChI is InChI=1S/C49H54N6O6/c50-42-13-6-7-14-43(42)53-46(58)16-8-15-45(57)51-30-38-9-4-5-12-41(38)35-21-23-37(24-22-35)47-60-40(29-44(61-47)36-19-17-34(32-56)18-20-36)31-54-27-25-49(26-28-54)48(59)52-33-55(49)39-10-2-1-3-11-39/h1-7,9-14,17-24,40,44,47,56H,8,15-16,25-33,50H2,(H,51,57)(H,52,59)(H,53,58)/t40-,44+,47+/m1/s1. The quantitative estimate of drug-likeness (QED) is 0.0758. The van der Waals surface area contributed by atoms with Crippen molar-refractivity contribution in [3.8, 4) is 11.1 Å². The molecule has 3 amide bonds. The van der Waals surface area contributed by atoms with Gasteiger partial charge in [-0.15, -0.1) is 0 Å². The number of nitrogens with one attached hydrogen (secondary N) is 3. The number of para-hydroxylation sites is 3. The van der Waals surface area contributed by atoms with Crippen LogP contribution in [0.1, 0.15) is 73.2 Å². The predicted molar refractivity (Wildman–Crippen MR) is 236 cm³/mol. The number of anilines is 3. The number of nitrogens with two attached hydrogens (primary N) is 1. The minimum Gasteiger partial charge on any atom is -0.397 e. The number of hydrogen-bond acceptors (Lipinski definition) is 9. The third-order valence-corrected chi connectivity index (χ3v) is 12.2. The Morgan fingerprint density at radius 1 is 0.803 bits per heavy atom. The van der Waals surface area contributed by atoms with E-state index in [9.17, 15) is 19.5 Å². The van der Waals surface area contributed by atoms with Crippen molar-refractivity contribution >= 4 is 34.8 Å². The molecule has 61 heavy (non-hydrogen) atoms. The lowest BCUT2D eigenvalue weighted by molar-refractivity contribution is -0.253. The number of rotatable bonds is 14. The molecule has 12 nitrogen and oxygen atoms in total. The zero-order valence-electron chi connectivity index (χ0n) is 34.3. The largest absolute Gasteiger partial charge is 0.397 e. The monoisotopic (exact) mass is 822 g/mol. The van der Waals surface area contributed by atoms with E-state index in [2.05, 4.69) is 50.0 Å². The third kappa shape index (κ3) is 9.79. The van der Waals surface area contributed by atoms with E-state index in [1.165, 1.54) is 0 Å². The second-order valence-corrected chi connectivity index (χ2v) is 16.2. The van der Waals surface area contributed by atoms with Gasteiger partial charge in [0.05, 0.1) is 36.9 Å². The van der Waals surface area contributed by atoms with Gasteiger partial charge in [0, 0.05) is 56.7 Å². The van der Waals surface area contributed by atoms with Gasteiger partial charge in [-0.2, -0.15) is 0 Å². The van der Waals surface area contributed by atoms with Gasteiger partial charge in [-0.05, 0) is 71.3 Å². The molecule has 0 bridgehead atoms. The number of likely N-dealkylation sites (tertiary alicyclic amines) is 1. The number of carbonyl (C=O) groups excluding carboxylic acids is 3. The molecule has 0 aromatic heterocycles. The van der Waals surface area contributed by atoms with Crippen LogP contribution in [0.15, 0.2) is 127 Å². The molecule has 5 aromatic carbocycles. The fourth-order valence-corrected chi connectivity index (χ4v) is 8.75. The number of aliphatic hydroxyl groups excluding tert-OH is 1. The molecule has 8 rings (SSSR count). The Morgan fingerprint density at radius 2 is 1.49 bits per heavy atom. The number of amides is 3. The molecular formula is C49H54N6O6. The number of piperidine rings is 1. The Bertz CT molecular complexity index is 2280. The van der Waals surface area contributed by atoms with Gasteiger partial charge in [0.15, 0.2) is 6.29 Å². The summed E-state index contributed by atoms with van der Waals surface area (Å²) in [6.07, 6.45) is 2.02. The van der Waals surface area contributed by atoms with Crippen LogP contribution in [-0.2, 0) is 37.0 Å². The van der Waals surface area contributed by atoms with E-state index in [-0.39, 0.29) is 49.4 Å². The molecule has 6 N–H and O–H groups in total. The number of hydrogen-bond donors (Lipinski definition) is 5. The minimum atomic E-state index is -0.609. The highest BCUT2D eigenvalue weighted by Gasteiger charge is 2.50. The van der Waals surface area contributed by atoms with Crippen LogP contribution in [0.4, 0.5) is 17.1 Å². The van der Waals surface area contributed by atoms with Gasteiger partial charge in [0.25, 0.3) is 0 Å². The summed E-state index contributed by atoms with van der Waals surface area (Å²) in [5, 5.41) is 18.6. The van der Waals surface area contributed by atoms with Crippen molar-refractivity contribution in [2.24, 2.45) is 0 Å². The van der Waals surface area contributed by atoms with E-state index in [4.69, 9.17) is 15.2 Å². The Hall–Kier alpha value is -6.05. The first-order chi connectivity index (χ1) is 29.8. The van der Waals surface area contributed by atoms with E-state index >= 15 is 0 Å². The Balaban J connectivity index is 0.902. The molecule has 5 aromatic rings. The lowest BCUT2D eigenvalue weighted by Crippen LogP contribution is -2.57. The lowest BCUT2D eigenvalue weighted by Gasteiger charge is -2.45. The summed E-state index contributed by atoms with van der Waals surface area (Å²) < 4.78 is 13.4. The summed E-state index contributed by atoms with van der Waals surface area (Å²) in [6, 6.07) is 41.4. The van der Waals surface area contributed by atoms with Crippen LogP contribution in [0.2, 0.25) is 0 Å². The van der Waals surface area contributed by atoms with E-state index in [0.29, 0.717) is 44.0 Å². The van der Waals surface area contributed by atoms with Gasteiger partial charge in [-0.3, -0.25) is 14.4 Å². The second kappa shape index (κ2) is 19.1. The molecule has 316 valence electrons. The van der Waals surface area contributed by atoms with Crippen molar-refractivity contribution in [3.05, 3.63) is 150 Å². The van der Waals surface area contributed by atoms with Gasteiger partial charge < -0.3 is 46.1 Å². The normalized spacial score (nSPS) is 20.0. The maximum atomic E-state index is 13.3. The maximum Gasteiger partial charge on any atom is 0.247 e. The molecule has 3 aliphatic heterocycles. The number of nitrogens with zero attached hydrogens (tertiary/aromatic N) is 2. The van der Waals surface area contributed by atoms with Crippen molar-refractivity contribution in [3.63, 3.8) is 0 Å². The molecule has 3 fully saturated rings. The first kappa shape index (κ1) is 41.7. The van der Waals surface area contributed by atoms with Crippen LogP contribution in [0.25, 0.3) is 11.1 Å². The fraction of sp³-hybridized carbons (Fsp3) is 0.327. The molecule has 3 aliphatic rings. The van der Waals surface area contributed by atoms with Gasteiger partial charge in [0.2, 0.25) is 17.7 Å². The maximum absolute atomic E-state index is 13.3. The topological polar surface area (TPSA) is 158 Å². The highest BCUT2D eigenvalue weighted by molar-refractivity contribution is 5.94. The molecule has 0 saturated carbocycles. The second-order valence-electron chi connectivity index (χ2n) is 16.2. The lowest BCUT2D eigenvalue weighted by atomic mass is 9.85. The average Bonchev–Trinajstić information content (AvgIpc) is 3.61. The molecule has 1 spiro atoms. The molecule has 12 heteroatoms. The van der Waals surface area contributed by atoms with Crippen molar-refractivity contribution in [1.82, 2.24) is 15.5 Å². The van der Waals surface area contributed by atoms with Crippen LogP contribution in [-0.4, -0.2) is 65.7 Å². The van der Waals surface area contributed by atoms with E-state index in [1.807, 2.05) is 84.9 Å². The molecule has 3 heterocycles. The first-order valence-electron chi connectivity index (χ1n) is 21.2. The smallest absolute Gasteiger partial charge is 0.247 e. The highest BCUT2D eigenvalue weighted by atomic mass is 16.7. The van der Waals surface area contributed by atoms with Crippen LogP contribution in [0, 0.1) is 0 Å². The van der Waals surface area contributed by atoms with Gasteiger partial charge in [0.1, 0.15) is 5.54 Å². The summed E-state index contributed by atoms with van der Waals surface area (Å²) >= 11 is 0. The average molecular weight is 823 g/mol. The first-order valence-corrected chi connectivity index (χ1v) is 21.2. The Kier molecular flexibility index (Phi) is 13.1. The minimum absolute atomic E-state index is 0.0234. The molecule has 0 unspecified atom stereocenters. The Morgan fingerprint density at radius 3 is 2.25 bits per heavy atom. The summed E-state index contributed by atoms with van der Waals surface area (Å²) in [7, 11) is 0. The van der Waals surface area contributed by atoms with Gasteiger partial charge in [-0.25, -0.2) is 0 Å². The van der Waals surface area contributed by atoms with Gasteiger partial charge >= 0.3 is 0 Å². The van der Waals surface area contributed by atoms with Crippen LogP contribution < -0.4 is 26.6 Å². The SMILES string of the molecule is Nc1ccccc1NC(=O)CCCC(=O)NCc1ccccc1-c1ccc([C@H]2O[C@@H](CN3CCC4(CC3)C(=O)NCN4c3ccccc3)C[C@@H](c3ccc(CO)cc3)O2)cc1. The van der Waals surface area contributed by atoms with Crippen LogP contribution in [0.3, 0.4) is 0 Å². The number of aliphatic hydroxyl groups is 1. The van der Waals surface area contributed by atoms with E-state index in [0.717, 1.165) is 65.0 Å². The fourth-order valence-electron chi connectivity index (χ4n) is 8.75.